The predicted octanol–water partition coefficient (Wildman–Crippen LogP) is 4.60. The Hall–Kier alpha value is -3.22. The number of hydrogen-bond donors (Lipinski definition) is 0. The largest absolute Gasteiger partial charge is 0.493 e. The van der Waals surface area contributed by atoms with Gasteiger partial charge >= 0.3 is 11.9 Å². The Morgan fingerprint density at radius 1 is 1.00 bits per heavy atom. The Morgan fingerprint density at radius 3 is 2.22 bits per heavy atom. The van der Waals surface area contributed by atoms with Gasteiger partial charge in [0, 0.05) is 31.5 Å². The number of ketones is 1. The Morgan fingerprint density at radius 2 is 1.66 bits per heavy atom. The smallest absolute Gasteiger partial charge is 0.309 e. The van der Waals surface area contributed by atoms with Crippen LogP contribution in [0.5, 0.6) is 11.5 Å². The van der Waals surface area contributed by atoms with Gasteiger partial charge in [0.25, 0.3) is 0 Å². The molecule has 0 unspecified atom stereocenters. The molecule has 1 heterocycles. The van der Waals surface area contributed by atoms with Crippen LogP contribution in [0.3, 0.4) is 0 Å². The third kappa shape index (κ3) is 6.39. The lowest BCUT2D eigenvalue weighted by molar-refractivity contribution is -0.154. The molecule has 0 saturated heterocycles. The number of aromatic nitrogens is 1. The average molecular weight is 442 g/mol. The fraction of sp³-hybridized carbons (Fsp3) is 0.440. The summed E-state index contributed by atoms with van der Waals surface area (Å²) in [5, 5.41) is 0. The van der Waals surface area contributed by atoms with Crippen LogP contribution in [0.4, 0.5) is 0 Å². The molecule has 0 aliphatic heterocycles. The molecule has 0 bridgehead atoms. The molecule has 1 aromatic heterocycles. The van der Waals surface area contributed by atoms with Crippen LogP contribution in [-0.2, 0) is 14.3 Å². The van der Waals surface area contributed by atoms with Gasteiger partial charge in [0.1, 0.15) is 6.10 Å². The number of hydrogen-bond acceptors (Lipinski definition) is 7. The summed E-state index contributed by atoms with van der Waals surface area (Å²) >= 11 is 0. The molecule has 0 N–H and O–H groups in total. The maximum atomic E-state index is 12.9. The van der Waals surface area contributed by atoms with Crippen molar-refractivity contribution in [2.75, 3.05) is 7.11 Å². The minimum absolute atomic E-state index is 0.0265. The summed E-state index contributed by atoms with van der Waals surface area (Å²) in [4.78, 5) is 41.1. The summed E-state index contributed by atoms with van der Waals surface area (Å²) in [6.07, 6.45) is 0.878. The third-order valence-corrected chi connectivity index (χ3v) is 5.20. The molecule has 7 heteroatoms. The first kappa shape index (κ1) is 25.0. The second-order valence-corrected chi connectivity index (χ2v) is 8.14. The molecule has 1 aromatic carbocycles. The first-order chi connectivity index (χ1) is 15.1. The number of pyridine rings is 1. The summed E-state index contributed by atoms with van der Waals surface area (Å²) in [5.74, 6) is -1.78. The quantitative estimate of drug-likeness (QED) is 0.393. The molecule has 0 spiro atoms. The Labute approximate surface area is 189 Å². The van der Waals surface area contributed by atoms with Crippen molar-refractivity contribution in [2.24, 2.45) is 11.8 Å². The number of nitrogens with zero attached hydrogens (tertiary/aromatic N) is 1. The van der Waals surface area contributed by atoms with Gasteiger partial charge in [-0.25, -0.2) is 4.98 Å². The fourth-order valence-corrected chi connectivity index (χ4v) is 3.74. The summed E-state index contributed by atoms with van der Waals surface area (Å²) < 4.78 is 16.1. The van der Waals surface area contributed by atoms with E-state index in [1.165, 1.54) is 26.3 Å². The summed E-state index contributed by atoms with van der Waals surface area (Å²) in [7, 11) is 1.40. The minimum atomic E-state index is -0.702. The van der Waals surface area contributed by atoms with Crippen molar-refractivity contribution in [1.82, 2.24) is 4.98 Å². The highest BCUT2D eigenvalue weighted by molar-refractivity contribution is 5.99. The van der Waals surface area contributed by atoms with Crippen LogP contribution < -0.4 is 9.47 Å². The number of carbonyl (C=O) groups is 3. The van der Waals surface area contributed by atoms with E-state index in [1.54, 1.807) is 6.92 Å². The highest BCUT2D eigenvalue weighted by atomic mass is 16.6. The lowest BCUT2D eigenvalue weighted by atomic mass is 9.84. The van der Waals surface area contributed by atoms with Crippen LogP contribution in [0, 0.1) is 11.8 Å². The van der Waals surface area contributed by atoms with Gasteiger partial charge in [-0.1, -0.05) is 51.1 Å². The number of rotatable bonds is 10. The van der Waals surface area contributed by atoms with Crippen LogP contribution in [0.15, 0.2) is 42.6 Å². The monoisotopic (exact) mass is 441 g/mol. The molecule has 2 rings (SSSR count). The van der Waals surface area contributed by atoms with E-state index in [-0.39, 0.29) is 41.6 Å². The number of ether oxygens (including phenoxy) is 3. The Bertz CT molecular complexity index is 941. The van der Waals surface area contributed by atoms with E-state index in [0.717, 1.165) is 5.56 Å². The fourth-order valence-electron chi connectivity index (χ4n) is 3.74. The summed E-state index contributed by atoms with van der Waals surface area (Å²) in [6, 6.07) is 11.4. The van der Waals surface area contributed by atoms with Gasteiger partial charge in [-0.05, 0) is 18.4 Å². The van der Waals surface area contributed by atoms with E-state index >= 15 is 0 Å². The molecule has 0 aliphatic rings. The van der Waals surface area contributed by atoms with E-state index in [9.17, 15) is 14.4 Å². The second-order valence-electron chi connectivity index (χ2n) is 8.14. The molecule has 32 heavy (non-hydrogen) atoms. The predicted molar refractivity (Wildman–Crippen MR) is 120 cm³/mol. The molecule has 2 aromatic rings. The zero-order valence-electron chi connectivity index (χ0n) is 19.5. The molecule has 0 radical (unpaired) electrons. The van der Waals surface area contributed by atoms with E-state index in [1.807, 2.05) is 37.3 Å². The highest BCUT2D eigenvalue weighted by Crippen LogP contribution is 2.32. The molecule has 0 amide bonds. The standard InChI is InChI=1S/C25H31NO6/c1-15(2)22(19-10-8-7-9-11-19)17(4)31-25(29)16(3)14-20(28)23-24(32-18(5)27)21(30-6)12-13-26-23/h7-13,15-17,22H,14H2,1-6H3/t16-,17+,22+/m1/s1. The highest BCUT2D eigenvalue weighted by Gasteiger charge is 2.29. The van der Waals surface area contributed by atoms with Crippen molar-refractivity contribution < 1.29 is 28.6 Å². The Balaban J connectivity index is 2.12. The minimum Gasteiger partial charge on any atom is -0.493 e. The van der Waals surface area contributed by atoms with Crippen molar-refractivity contribution in [3.8, 4) is 11.5 Å². The van der Waals surface area contributed by atoms with Gasteiger partial charge in [0.05, 0.1) is 13.0 Å². The second kappa shape index (κ2) is 11.4. The molecule has 7 nitrogen and oxygen atoms in total. The molecular weight excluding hydrogens is 410 g/mol. The number of benzene rings is 1. The zero-order chi connectivity index (χ0) is 23.8. The first-order valence-electron chi connectivity index (χ1n) is 10.7. The van der Waals surface area contributed by atoms with Gasteiger partial charge in [-0.15, -0.1) is 0 Å². The molecule has 0 aliphatic carbocycles. The number of Topliss-reactive ketones (excluding diaryl/α,β-unsaturated/α-hetero) is 1. The molecule has 0 saturated carbocycles. The van der Waals surface area contributed by atoms with Gasteiger partial charge < -0.3 is 14.2 Å². The van der Waals surface area contributed by atoms with Crippen molar-refractivity contribution >= 4 is 17.7 Å². The van der Waals surface area contributed by atoms with Crippen molar-refractivity contribution in [3.63, 3.8) is 0 Å². The van der Waals surface area contributed by atoms with Gasteiger partial charge in [0.15, 0.2) is 17.2 Å². The first-order valence-corrected chi connectivity index (χ1v) is 10.7. The van der Waals surface area contributed by atoms with Crippen LogP contribution in [0.1, 0.15) is 63.0 Å². The third-order valence-electron chi connectivity index (χ3n) is 5.20. The molecule has 172 valence electrons. The van der Waals surface area contributed by atoms with Crippen LogP contribution >= 0.6 is 0 Å². The average Bonchev–Trinajstić information content (AvgIpc) is 2.73. The van der Waals surface area contributed by atoms with Gasteiger partial charge in [0.2, 0.25) is 5.75 Å². The van der Waals surface area contributed by atoms with Crippen LogP contribution in [0.2, 0.25) is 0 Å². The van der Waals surface area contributed by atoms with Gasteiger partial charge in [-0.2, -0.15) is 0 Å². The summed E-state index contributed by atoms with van der Waals surface area (Å²) in [5.41, 5.74) is 1.04. The lowest BCUT2D eigenvalue weighted by Gasteiger charge is -2.28. The van der Waals surface area contributed by atoms with Crippen LogP contribution in [0.25, 0.3) is 0 Å². The van der Waals surface area contributed by atoms with Gasteiger partial charge in [-0.3, -0.25) is 14.4 Å². The normalized spacial score (nSPS) is 13.7. The maximum Gasteiger partial charge on any atom is 0.309 e. The zero-order valence-corrected chi connectivity index (χ0v) is 19.5. The van der Waals surface area contributed by atoms with E-state index < -0.39 is 23.6 Å². The van der Waals surface area contributed by atoms with E-state index in [4.69, 9.17) is 14.2 Å². The molecular formula is C25H31NO6. The number of methoxy groups -OCH3 is 1. The molecule has 0 fully saturated rings. The van der Waals surface area contributed by atoms with E-state index in [2.05, 4.69) is 18.8 Å². The maximum absolute atomic E-state index is 12.9. The van der Waals surface area contributed by atoms with Crippen molar-refractivity contribution in [2.45, 2.75) is 53.1 Å². The van der Waals surface area contributed by atoms with Crippen molar-refractivity contribution in [1.29, 1.82) is 0 Å². The summed E-state index contributed by atoms with van der Waals surface area (Å²) in [6.45, 7) is 8.89. The van der Waals surface area contributed by atoms with Crippen LogP contribution in [-0.4, -0.2) is 35.9 Å². The van der Waals surface area contributed by atoms with E-state index in [0.29, 0.717) is 0 Å². The number of carbonyl (C=O) groups excluding carboxylic acids is 3. The lowest BCUT2D eigenvalue weighted by Crippen LogP contribution is -2.29. The SMILES string of the molecule is COc1ccnc(C(=O)C[C@@H](C)C(=O)O[C@@H](C)[C@@H](c2ccccc2)C(C)C)c1OC(C)=O. The van der Waals surface area contributed by atoms with Crippen molar-refractivity contribution in [3.05, 3.63) is 53.9 Å². The Kier molecular flexibility index (Phi) is 8.93. The number of esters is 2. The topological polar surface area (TPSA) is 91.8 Å². The molecule has 3 atom stereocenters.